The second kappa shape index (κ2) is 10.2. The van der Waals surface area contributed by atoms with E-state index in [0.717, 1.165) is 4.90 Å². The lowest BCUT2D eigenvalue weighted by atomic mass is 10.1. The van der Waals surface area contributed by atoms with Crippen molar-refractivity contribution in [2.45, 2.75) is 32.0 Å². The molecule has 1 atom stereocenters. The number of nitrogens with two attached hydrogens (primary N) is 2. The molecule has 0 spiro atoms. The highest BCUT2D eigenvalue weighted by molar-refractivity contribution is 5.94. The number of hydrogen-bond acceptors (Lipinski definition) is 5. The van der Waals surface area contributed by atoms with Gasteiger partial charge in [-0.1, -0.05) is 6.07 Å². The summed E-state index contributed by atoms with van der Waals surface area (Å²) in [6.07, 6.45) is -0.250. The summed E-state index contributed by atoms with van der Waals surface area (Å²) in [5.41, 5.74) is 12.4. The number of anilines is 1. The molecule has 0 saturated carbocycles. The highest BCUT2D eigenvalue weighted by Crippen LogP contribution is 2.18. The van der Waals surface area contributed by atoms with Gasteiger partial charge in [0.1, 0.15) is 0 Å². The van der Waals surface area contributed by atoms with Crippen molar-refractivity contribution < 1.29 is 24.6 Å². The normalized spacial score (nSPS) is 11.5. The second-order valence-electron chi connectivity index (χ2n) is 5.81. The number of nitrogens with zero attached hydrogens (tertiary/aromatic N) is 1. The fourth-order valence-electron chi connectivity index (χ4n) is 2.23. The standard InChI is InChI=1S/C16H25N5O5/c1-21(16(25)26)8-11-7-12(5-4-10(11)9-22)20-14(23)13(17)3-2-6-19-15(18)24/h4-5,7,13,22H,2-3,6,8-9,17H2,1H3,(H,20,23)(H,25,26)(H3,18,19,24). The number of hydrogen-bond donors (Lipinski definition) is 6. The predicted molar refractivity (Wildman–Crippen MR) is 95.3 cm³/mol. The minimum Gasteiger partial charge on any atom is -0.465 e. The predicted octanol–water partition coefficient (Wildman–Crippen LogP) is 0.00300. The third kappa shape index (κ3) is 6.95. The molecule has 1 aromatic carbocycles. The summed E-state index contributed by atoms with van der Waals surface area (Å²) in [4.78, 5) is 34.7. The molecule has 0 saturated heterocycles. The van der Waals surface area contributed by atoms with Crippen LogP contribution in [0.5, 0.6) is 0 Å². The van der Waals surface area contributed by atoms with Crippen LogP contribution in [-0.4, -0.2) is 52.8 Å². The molecule has 0 aliphatic heterocycles. The highest BCUT2D eigenvalue weighted by Gasteiger charge is 2.15. The molecule has 0 radical (unpaired) electrons. The number of nitrogens with one attached hydrogen (secondary N) is 2. The van der Waals surface area contributed by atoms with E-state index < -0.39 is 24.1 Å². The SMILES string of the molecule is CN(Cc1cc(NC(=O)C(N)CCCNC(N)=O)ccc1CO)C(=O)O. The molecule has 0 bridgehead atoms. The Morgan fingerprint density at radius 1 is 1.27 bits per heavy atom. The quantitative estimate of drug-likeness (QED) is 0.335. The van der Waals surface area contributed by atoms with Crippen molar-refractivity contribution >= 4 is 23.7 Å². The maximum atomic E-state index is 12.1. The average molecular weight is 367 g/mol. The lowest BCUT2D eigenvalue weighted by molar-refractivity contribution is -0.117. The molecule has 144 valence electrons. The smallest absolute Gasteiger partial charge is 0.407 e. The maximum Gasteiger partial charge on any atom is 0.407 e. The third-order valence-corrected chi connectivity index (χ3v) is 3.71. The number of amides is 4. The number of primary amides is 1. The van der Waals surface area contributed by atoms with E-state index in [1.54, 1.807) is 18.2 Å². The van der Waals surface area contributed by atoms with Gasteiger partial charge < -0.3 is 37.2 Å². The van der Waals surface area contributed by atoms with Crippen molar-refractivity contribution in [2.75, 3.05) is 18.9 Å². The molecule has 0 heterocycles. The van der Waals surface area contributed by atoms with Crippen molar-refractivity contribution in [3.63, 3.8) is 0 Å². The topological polar surface area (TPSA) is 171 Å². The molecule has 1 unspecified atom stereocenters. The van der Waals surface area contributed by atoms with Crippen LogP contribution < -0.4 is 22.1 Å². The van der Waals surface area contributed by atoms with Crippen LogP contribution in [0.3, 0.4) is 0 Å². The van der Waals surface area contributed by atoms with Gasteiger partial charge in [-0.15, -0.1) is 0 Å². The lowest BCUT2D eigenvalue weighted by Gasteiger charge is -2.17. The Kier molecular flexibility index (Phi) is 8.32. The summed E-state index contributed by atoms with van der Waals surface area (Å²) in [6, 6.07) is 3.42. The van der Waals surface area contributed by atoms with Crippen LogP contribution in [-0.2, 0) is 17.9 Å². The van der Waals surface area contributed by atoms with Crippen molar-refractivity contribution in [2.24, 2.45) is 11.5 Å². The van der Waals surface area contributed by atoms with E-state index in [1.165, 1.54) is 7.05 Å². The number of carbonyl (C=O) groups is 3. The Balaban J connectivity index is 2.69. The Labute approximate surface area is 151 Å². The summed E-state index contributed by atoms with van der Waals surface area (Å²) in [6.45, 7) is 0.149. The van der Waals surface area contributed by atoms with E-state index in [9.17, 15) is 19.5 Å². The first-order valence-electron chi connectivity index (χ1n) is 8.01. The molecular formula is C16H25N5O5. The van der Waals surface area contributed by atoms with Gasteiger partial charge in [0.25, 0.3) is 0 Å². The van der Waals surface area contributed by atoms with Crippen LogP contribution in [0.1, 0.15) is 24.0 Å². The lowest BCUT2D eigenvalue weighted by Crippen LogP contribution is -2.37. The Morgan fingerprint density at radius 3 is 2.54 bits per heavy atom. The van der Waals surface area contributed by atoms with Gasteiger partial charge in [0.2, 0.25) is 5.91 Å². The minimum absolute atomic E-state index is 0.0692. The fourth-order valence-corrected chi connectivity index (χ4v) is 2.23. The third-order valence-electron chi connectivity index (χ3n) is 3.71. The molecule has 8 N–H and O–H groups in total. The number of carboxylic acid groups (broad SMARTS) is 1. The second-order valence-corrected chi connectivity index (χ2v) is 5.81. The Bertz CT molecular complexity index is 652. The first-order chi connectivity index (χ1) is 12.2. The average Bonchev–Trinajstić information content (AvgIpc) is 2.58. The van der Waals surface area contributed by atoms with Gasteiger partial charge >= 0.3 is 12.1 Å². The van der Waals surface area contributed by atoms with Crippen LogP contribution in [0, 0.1) is 0 Å². The molecule has 1 rings (SSSR count). The number of rotatable bonds is 9. The van der Waals surface area contributed by atoms with Gasteiger partial charge in [-0.2, -0.15) is 0 Å². The zero-order chi connectivity index (χ0) is 19.7. The summed E-state index contributed by atoms with van der Waals surface area (Å²) in [5.74, 6) is -0.404. The molecule has 0 aliphatic carbocycles. The molecule has 10 heteroatoms. The molecule has 0 fully saturated rings. The molecular weight excluding hydrogens is 342 g/mol. The molecule has 26 heavy (non-hydrogen) atoms. The van der Waals surface area contributed by atoms with Gasteiger partial charge in [-0.3, -0.25) is 4.79 Å². The maximum absolute atomic E-state index is 12.1. The number of carbonyl (C=O) groups excluding carboxylic acids is 2. The summed E-state index contributed by atoms with van der Waals surface area (Å²) in [7, 11) is 1.41. The van der Waals surface area contributed by atoms with Crippen molar-refractivity contribution in [3.8, 4) is 0 Å². The van der Waals surface area contributed by atoms with Crippen molar-refractivity contribution in [3.05, 3.63) is 29.3 Å². The van der Waals surface area contributed by atoms with Gasteiger partial charge in [-0.05, 0) is 36.1 Å². The van der Waals surface area contributed by atoms with Crippen LogP contribution in [0.15, 0.2) is 18.2 Å². The minimum atomic E-state index is -1.10. The number of aliphatic hydroxyl groups excluding tert-OH is 1. The molecule has 0 aliphatic rings. The van der Waals surface area contributed by atoms with E-state index in [4.69, 9.17) is 16.6 Å². The molecule has 4 amide bonds. The van der Waals surface area contributed by atoms with E-state index in [0.29, 0.717) is 36.2 Å². The van der Waals surface area contributed by atoms with E-state index in [1.807, 2.05) is 0 Å². The number of urea groups is 1. The monoisotopic (exact) mass is 367 g/mol. The zero-order valence-electron chi connectivity index (χ0n) is 14.6. The van der Waals surface area contributed by atoms with Crippen molar-refractivity contribution in [1.29, 1.82) is 0 Å². The Morgan fingerprint density at radius 2 is 1.96 bits per heavy atom. The molecule has 0 aromatic heterocycles. The summed E-state index contributed by atoms with van der Waals surface area (Å²) >= 11 is 0. The molecule has 1 aromatic rings. The van der Waals surface area contributed by atoms with Crippen LogP contribution in [0.2, 0.25) is 0 Å². The zero-order valence-corrected chi connectivity index (χ0v) is 14.6. The molecule has 10 nitrogen and oxygen atoms in total. The van der Waals surface area contributed by atoms with Gasteiger partial charge in [0.15, 0.2) is 0 Å². The van der Waals surface area contributed by atoms with Crippen LogP contribution >= 0.6 is 0 Å². The first-order valence-corrected chi connectivity index (χ1v) is 8.01. The van der Waals surface area contributed by atoms with E-state index in [2.05, 4.69) is 10.6 Å². The van der Waals surface area contributed by atoms with Gasteiger partial charge in [0.05, 0.1) is 12.6 Å². The summed E-state index contributed by atoms with van der Waals surface area (Å²) in [5, 5.41) is 23.4. The van der Waals surface area contributed by atoms with E-state index >= 15 is 0 Å². The summed E-state index contributed by atoms with van der Waals surface area (Å²) < 4.78 is 0. The number of benzene rings is 1. The largest absolute Gasteiger partial charge is 0.465 e. The first kappa shape index (κ1) is 21.2. The fraction of sp³-hybridized carbons (Fsp3) is 0.438. The number of aliphatic hydroxyl groups is 1. The highest BCUT2D eigenvalue weighted by atomic mass is 16.4. The van der Waals surface area contributed by atoms with Gasteiger partial charge in [0, 0.05) is 25.8 Å². The Hall–Kier alpha value is -2.85. The van der Waals surface area contributed by atoms with E-state index in [-0.39, 0.29) is 13.2 Å². The van der Waals surface area contributed by atoms with Crippen molar-refractivity contribution in [1.82, 2.24) is 10.2 Å². The van der Waals surface area contributed by atoms with Crippen LogP contribution in [0.25, 0.3) is 0 Å². The van der Waals surface area contributed by atoms with Crippen LogP contribution in [0.4, 0.5) is 15.3 Å². The van der Waals surface area contributed by atoms with Gasteiger partial charge in [-0.25, -0.2) is 9.59 Å².